The van der Waals surface area contributed by atoms with Gasteiger partial charge in [0.25, 0.3) is 0 Å². The molecule has 0 fully saturated rings. The third-order valence-corrected chi connectivity index (χ3v) is 1.82. The van der Waals surface area contributed by atoms with Gasteiger partial charge >= 0.3 is 0 Å². The summed E-state index contributed by atoms with van der Waals surface area (Å²) in [4.78, 5) is 0. The molecular weight excluding hydrogens is 186 g/mol. The summed E-state index contributed by atoms with van der Waals surface area (Å²) in [5.74, 6) is 0.844. The summed E-state index contributed by atoms with van der Waals surface area (Å²) >= 11 is 5.70. The van der Waals surface area contributed by atoms with Crippen molar-refractivity contribution in [2.45, 2.75) is 25.5 Å². The summed E-state index contributed by atoms with van der Waals surface area (Å²) in [5.41, 5.74) is 5.95. The Morgan fingerprint density at radius 2 is 1.77 bits per heavy atom. The van der Waals surface area contributed by atoms with E-state index in [2.05, 4.69) is 0 Å². The Bertz CT molecular complexity index is 256. The van der Waals surface area contributed by atoms with Crippen LogP contribution in [-0.2, 0) is 0 Å². The molecule has 13 heavy (non-hydrogen) atoms. The van der Waals surface area contributed by atoms with E-state index in [0.717, 1.165) is 11.3 Å². The van der Waals surface area contributed by atoms with Crippen LogP contribution in [-0.4, -0.2) is 6.10 Å². The molecule has 0 saturated carbocycles. The summed E-state index contributed by atoms with van der Waals surface area (Å²) < 4.78 is 5.47. The zero-order valence-corrected chi connectivity index (χ0v) is 8.58. The second-order valence-corrected chi connectivity index (χ2v) is 3.61. The lowest BCUT2D eigenvalue weighted by atomic mass is 10.2. The first-order valence-electron chi connectivity index (χ1n) is 4.26. The van der Waals surface area contributed by atoms with Gasteiger partial charge in [-0.2, -0.15) is 0 Å². The van der Waals surface area contributed by atoms with Gasteiger partial charge < -0.3 is 10.5 Å². The van der Waals surface area contributed by atoms with E-state index in [0.29, 0.717) is 0 Å². The Hall–Kier alpha value is -0.730. The predicted molar refractivity (Wildman–Crippen MR) is 55.0 cm³/mol. The topological polar surface area (TPSA) is 35.2 Å². The first-order valence-corrected chi connectivity index (χ1v) is 4.69. The van der Waals surface area contributed by atoms with E-state index in [1.165, 1.54) is 0 Å². The Morgan fingerprint density at radius 3 is 2.15 bits per heavy atom. The second-order valence-electron chi connectivity index (χ2n) is 3.14. The van der Waals surface area contributed by atoms with Gasteiger partial charge in [-0.05, 0) is 31.5 Å². The average molecular weight is 200 g/mol. The molecule has 2 nitrogen and oxygen atoms in total. The van der Waals surface area contributed by atoms with E-state index in [-0.39, 0.29) is 6.10 Å². The average Bonchev–Trinajstić information content (AvgIpc) is 2.04. The molecule has 0 aromatic heterocycles. The Labute approximate surface area is 83.6 Å². The van der Waals surface area contributed by atoms with Crippen LogP contribution in [0.25, 0.3) is 0 Å². The lowest BCUT2D eigenvalue weighted by Crippen LogP contribution is -2.06. The van der Waals surface area contributed by atoms with E-state index < -0.39 is 5.50 Å². The van der Waals surface area contributed by atoms with Gasteiger partial charge in [0, 0.05) is 0 Å². The van der Waals surface area contributed by atoms with Gasteiger partial charge in [-0.3, -0.25) is 0 Å². The molecule has 0 saturated heterocycles. The fourth-order valence-electron chi connectivity index (χ4n) is 1.00. The molecule has 1 atom stereocenters. The van der Waals surface area contributed by atoms with E-state index in [4.69, 9.17) is 22.1 Å². The Balaban J connectivity index is 2.70. The summed E-state index contributed by atoms with van der Waals surface area (Å²) in [6.07, 6.45) is 0.190. The normalized spacial score (nSPS) is 13.0. The number of ether oxygens (including phenoxy) is 1. The molecule has 3 heteroatoms. The molecule has 72 valence electrons. The minimum absolute atomic E-state index is 0.190. The van der Waals surface area contributed by atoms with Gasteiger partial charge in [0.15, 0.2) is 0 Å². The molecule has 0 spiro atoms. The molecule has 0 aliphatic rings. The Kier molecular flexibility index (Phi) is 3.58. The van der Waals surface area contributed by atoms with Crippen LogP contribution in [0.2, 0.25) is 0 Å². The minimum atomic E-state index is -0.437. The maximum atomic E-state index is 5.70. The second kappa shape index (κ2) is 4.49. The third-order valence-electron chi connectivity index (χ3n) is 1.57. The fourth-order valence-corrected chi connectivity index (χ4v) is 1.15. The summed E-state index contributed by atoms with van der Waals surface area (Å²) in [5, 5.41) is 0. The third kappa shape index (κ3) is 3.25. The number of hydrogen-bond donors (Lipinski definition) is 1. The zero-order chi connectivity index (χ0) is 9.84. The highest BCUT2D eigenvalue weighted by Gasteiger charge is 2.01. The minimum Gasteiger partial charge on any atom is -0.491 e. The molecule has 1 aromatic carbocycles. The van der Waals surface area contributed by atoms with Gasteiger partial charge in [-0.25, -0.2) is 0 Å². The molecule has 0 radical (unpaired) electrons. The maximum absolute atomic E-state index is 5.70. The smallest absolute Gasteiger partial charge is 0.119 e. The van der Waals surface area contributed by atoms with Crippen LogP contribution in [0.3, 0.4) is 0 Å². The van der Waals surface area contributed by atoms with Crippen molar-refractivity contribution in [2.24, 2.45) is 5.73 Å². The van der Waals surface area contributed by atoms with Crippen molar-refractivity contribution in [1.29, 1.82) is 0 Å². The van der Waals surface area contributed by atoms with Gasteiger partial charge in [0.2, 0.25) is 0 Å². The number of benzene rings is 1. The van der Waals surface area contributed by atoms with Crippen LogP contribution in [0, 0.1) is 0 Å². The highest BCUT2D eigenvalue weighted by Crippen LogP contribution is 2.19. The first kappa shape index (κ1) is 10.4. The van der Waals surface area contributed by atoms with Crippen molar-refractivity contribution in [3.63, 3.8) is 0 Å². The van der Waals surface area contributed by atoms with Gasteiger partial charge in [0.05, 0.1) is 6.10 Å². The molecule has 2 N–H and O–H groups in total. The van der Waals surface area contributed by atoms with Crippen LogP contribution in [0.5, 0.6) is 5.75 Å². The van der Waals surface area contributed by atoms with Crippen LogP contribution in [0.15, 0.2) is 24.3 Å². The van der Waals surface area contributed by atoms with Gasteiger partial charge in [0.1, 0.15) is 11.3 Å². The number of rotatable bonds is 3. The van der Waals surface area contributed by atoms with Crippen molar-refractivity contribution in [1.82, 2.24) is 0 Å². The van der Waals surface area contributed by atoms with Crippen molar-refractivity contribution in [3.05, 3.63) is 29.8 Å². The van der Waals surface area contributed by atoms with Crippen molar-refractivity contribution in [3.8, 4) is 5.75 Å². The quantitative estimate of drug-likeness (QED) is 0.600. The van der Waals surface area contributed by atoms with E-state index in [1.807, 2.05) is 38.1 Å². The molecule has 0 bridgehead atoms. The molecule has 0 amide bonds. The first-order chi connectivity index (χ1) is 6.09. The highest BCUT2D eigenvalue weighted by atomic mass is 35.5. The summed E-state index contributed by atoms with van der Waals surface area (Å²) in [6.45, 7) is 3.97. The van der Waals surface area contributed by atoms with E-state index >= 15 is 0 Å². The van der Waals surface area contributed by atoms with Gasteiger partial charge in [-0.1, -0.05) is 12.1 Å². The zero-order valence-electron chi connectivity index (χ0n) is 7.83. The highest BCUT2D eigenvalue weighted by molar-refractivity contribution is 6.20. The van der Waals surface area contributed by atoms with Crippen LogP contribution in [0.1, 0.15) is 24.9 Å². The molecule has 1 unspecified atom stereocenters. The number of alkyl halides is 1. The molecule has 0 heterocycles. The van der Waals surface area contributed by atoms with Crippen LogP contribution in [0.4, 0.5) is 0 Å². The number of halogens is 1. The van der Waals surface area contributed by atoms with Crippen LogP contribution >= 0.6 is 11.6 Å². The number of nitrogens with two attached hydrogens (primary N) is 1. The van der Waals surface area contributed by atoms with E-state index in [1.54, 1.807) is 0 Å². The predicted octanol–water partition coefficient (Wildman–Crippen LogP) is 2.67. The van der Waals surface area contributed by atoms with E-state index in [9.17, 15) is 0 Å². The van der Waals surface area contributed by atoms with Crippen LogP contribution < -0.4 is 10.5 Å². The fraction of sp³-hybridized carbons (Fsp3) is 0.400. The molecule has 1 rings (SSSR count). The largest absolute Gasteiger partial charge is 0.491 e. The molecule has 1 aromatic rings. The maximum Gasteiger partial charge on any atom is 0.119 e. The van der Waals surface area contributed by atoms with Gasteiger partial charge in [-0.15, -0.1) is 11.6 Å². The standard InChI is InChI=1S/C10H14ClNO/c1-7(2)13-9-5-3-8(4-6-9)10(11)12/h3-7,10H,12H2,1-2H3. The van der Waals surface area contributed by atoms with Crippen molar-refractivity contribution >= 4 is 11.6 Å². The summed E-state index contributed by atoms with van der Waals surface area (Å²) in [6, 6.07) is 7.49. The lowest BCUT2D eigenvalue weighted by Gasteiger charge is -2.10. The Morgan fingerprint density at radius 1 is 1.23 bits per heavy atom. The molecule has 0 aliphatic carbocycles. The van der Waals surface area contributed by atoms with Crippen molar-refractivity contribution < 1.29 is 4.74 Å². The molecule has 0 aliphatic heterocycles. The van der Waals surface area contributed by atoms with Crippen molar-refractivity contribution in [2.75, 3.05) is 0 Å². The number of hydrogen-bond acceptors (Lipinski definition) is 2. The SMILES string of the molecule is CC(C)Oc1ccc(C(N)Cl)cc1. The monoisotopic (exact) mass is 199 g/mol. The lowest BCUT2D eigenvalue weighted by molar-refractivity contribution is 0.242. The summed E-state index contributed by atoms with van der Waals surface area (Å²) in [7, 11) is 0. The molecular formula is C10H14ClNO.